The molecular formula is C12H16O2S. The summed E-state index contributed by atoms with van der Waals surface area (Å²) in [5.74, 6) is 0.576. The van der Waals surface area contributed by atoms with Crippen molar-refractivity contribution < 1.29 is 9.84 Å². The molecule has 0 bridgehead atoms. The molecule has 82 valence electrons. The van der Waals surface area contributed by atoms with Gasteiger partial charge in [0.25, 0.3) is 0 Å². The van der Waals surface area contributed by atoms with E-state index in [4.69, 9.17) is 4.74 Å². The summed E-state index contributed by atoms with van der Waals surface area (Å²) in [5, 5.41) is 11.3. The van der Waals surface area contributed by atoms with E-state index < -0.39 is 5.60 Å². The van der Waals surface area contributed by atoms with Gasteiger partial charge >= 0.3 is 0 Å². The first-order valence-corrected chi connectivity index (χ1v) is 6.02. The highest BCUT2D eigenvalue weighted by Gasteiger charge is 2.30. The fourth-order valence-electron chi connectivity index (χ4n) is 1.82. The number of ether oxygens (including phenoxy) is 1. The normalized spacial score (nSPS) is 30.5. The molecule has 0 saturated heterocycles. The van der Waals surface area contributed by atoms with Crippen molar-refractivity contribution >= 4 is 11.3 Å². The van der Waals surface area contributed by atoms with Crippen LogP contribution in [0.2, 0.25) is 0 Å². The molecule has 15 heavy (non-hydrogen) atoms. The van der Waals surface area contributed by atoms with E-state index in [0.717, 1.165) is 22.8 Å². The molecule has 0 spiro atoms. The fraction of sp³-hybridized carbons (Fsp3) is 0.500. The van der Waals surface area contributed by atoms with Crippen LogP contribution in [0.15, 0.2) is 24.3 Å². The van der Waals surface area contributed by atoms with Crippen molar-refractivity contribution in [3.8, 4) is 5.06 Å². The van der Waals surface area contributed by atoms with Crippen LogP contribution >= 0.6 is 11.3 Å². The Labute approximate surface area is 94.2 Å². The lowest BCUT2D eigenvalue weighted by atomic mass is 9.85. The van der Waals surface area contributed by atoms with Gasteiger partial charge in [-0.3, -0.25) is 0 Å². The van der Waals surface area contributed by atoms with E-state index in [1.54, 1.807) is 7.11 Å². The Morgan fingerprint density at radius 1 is 1.53 bits per heavy atom. The van der Waals surface area contributed by atoms with Crippen molar-refractivity contribution in [3.05, 3.63) is 29.2 Å². The molecular weight excluding hydrogens is 208 g/mol. The Morgan fingerprint density at radius 2 is 2.33 bits per heavy atom. The summed E-state index contributed by atoms with van der Waals surface area (Å²) in [5.41, 5.74) is -0.770. The first kappa shape index (κ1) is 10.7. The van der Waals surface area contributed by atoms with Gasteiger partial charge in [-0.1, -0.05) is 19.1 Å². The smallest absolute Gasteiger partial charge is 0.173 e. The van der Waals surface area contributed by atoms with Crippen LogP contribution in [-0.2, 0) is 5.60 Å². The largest absolute Gasteiger partial charge is 0.487 e. The van der Waals surface area contributed by atoms with E-state index in [2.05, 4.69) is 13.0 Å². The Balaban J connectivity index is 2.25. The van der Waals surface area contributed by atoms with Gasteiger partial charge in [0.1, 0.15) is 5.60 Å². The summed E-state index contributed by atoms with van der Waals surface area (Å²) in [7, 11) is 1.65. The van der Waals surface area contributed by atoms with Crippen molar-refractivity contribution in [2.75, 3.05) is 7.11 Å². The summed E-state index contributed by atoms with van der Waals surface area (Å²) in [6, 6.07) is 3.85. The summed E-state index contributed by atoms with van der Waals surface area (Å²) >= 11 is 1.52. The van der Waals surface area contributed by atoms with Crippen molar-refractivity contribution in [1.29, 1.82) is 0 Å². The standard InChI is InChI=1S/C12H16O2S/c1-9-5-7-12(13,8-6-9)10-3-4-11(14-2)15-10/h3-5,7,9,13H,6,8H2,1-2H3. The molecule has 1 aliphatic carbocycles. The van der Waals surface area contributed by atoms with Gasteiger partial charge in [-0.05, 0) is 30.9 Å². The Kier molecular flexibility index (Phi) is 2.85. The zero-order valence-corrected chi connectivity index (χ0v) is 9.88. The third kappa shape index (κ3) is 2.08. The molecule has 2 unspecified atom stereocenters. The molecule has 2 atom stereocenters. The second kappa shape index (κ2) is 3.99. The van der Waals surface area contributed by atoms with E-state index in [9.17, 15) is 5.11 Å². The minimum absolute atomic E-state index is 0.576. The topological polar surface area (TPSA) is 29.5 Å². The van der Waals surface area contributed by atoms with Crippen LogP contribution < -0.4 is 4.74 Å². The zero-order chi connectivity index (χ0) is 10.9. The van der Waals surface area contributed by atoms with E-state index in [1.807, 2.05) is 18.2 Å². The molecule has 2 rings (SSSR count). The molecule has 0 aliphatic heterocycles. The maximum Gasteiger partial charge on any atom is 0.173 e. The second-order valence-electron chi connectivity index (χ2n) is 4.12. The maximum atomic E-state index is 10.4. The van der Waals surface area contributed by atoms with Crippen molar-refractivity contribution in [1.82, 2.24) is 0 Å². The molecule has 1 aliphatic rings. The summed E-state index contributed by atoms with van der Waals surface area (Å²) in [6.45, 7) is 2.17. The average molecular weight is 224 g/mol. The molecule has 2 nitrogen and oxygen atoms in total. The van der Waals surface area contributed by atoms with Crippen LogP contribution in [0.1, 0.15) is 24.6 Å². The van der Waals surface area contributed by atoms with E-state index in [-0.39, 0.29) is 0 Å². The highest BCUT2D eigenvalue weighted by atomic mass is 32.1. The molecule has 1 heterocycles. The number of methoxy groups -OCH3 is 1. The molecule has 0 amide bonds. The number of hydrogen-bond donors (Lipinski definition) is 1. The van der Waals surface area contributed by atoms with Gasteiger partial charge in [-0.2, -0.15) is 0 Å². The van der Waals surface area contributed by atoms with Gasteiger partial charge in [0.2, 0.25) is 0 Å². The number of thiophene rings is 1. The molecule has 0 radical (unpaired) electrons. The van der Waals surface area contributed by atoms with E-state index in [0.29, 0.717) is 5.92 Å². The van der Waals surface area contributed by atoms with E-state index >= 15 is 0 Å². The number of allylic oxidation sites excluding steroid dienone is 1. The summed E-state index contributed by atoms with van der Waals surface area (Å²) in [6.07, 6.45) is 5.85. The SMILES string of the molecule is COc1ccc(C2(O)C=CC(C)CC2)s1. The second-order valence-corrected chi connectivity index (χ2v) is 5.17. The molecule has 0 aromatic carbocycles. The minimum atomic E-state index is -0.770. The van der Waals surface area contributed by atoms with Gasteiger partial charge in [0, 0.05) is 4.88 Å². The highest BCUT2D eigenvalue weighted by Crippen LogP contribution is 2.39. The third-order valence-electron chi connectivity index (χ3n) is 2.89. The molecule has 3 heteroatoms. The lowest BCUT2D eigenvalue weighted by Gasteiger charge is -2.28. The summed E-state index contributed by atoms with van der Waals surface area (Å²) in [4.78, 5) is 0.975. The van der Waals surface area contributed by atoms with Crippen molar-refractivity contribution in [3.63, 3.8) is 0 Å². The quantitative estimate of drug-likeness (QED) is 0.783. The average Bonchev–Trinajstić information content (AvgIpc) is 2.72. The molecule has 0 fully saturated rings. The van der Waals surface area contributed by atoms with Crippen molar-refractivity contribution in [2.24, 2.45) is 5.92 Å². The van der Waals surface area contributed by atoms with Gasteiger partial charge in [-0.25, -0.2) is 0 Å². The Morgan fingerprint density at radius 3 is 2.87 bits per heavy atom. The monoisotopic (exact) mass is 224 g/mol. The van der Waals surface area contributed by atoms with Gasteiger partial charge in [0.15, 0.2) is 5.06 Å². The minimum Gasteiger partial charge on any atom is -0.487 e. The lowest BCUT2D eigenvalue weighted by molar-refractivity contribution is 0.0710. The number of aliphatic hydroxyl groups is 1. The Hall–Kier alpha value is -0.800. The van der Waals surface area contributed by atoms with Crippen LogP contribution in [0, 0.1) is 5.92 Å². The maximum absolute atomic E-state index is 10.4. The predicted molar refractivity (Wildman–Crippen MR) is 62.3 cm³/mol. The van der Waals surface area contributed by atoms with Crippen LogP contribution in [0.4, 0.5) is 0 Å². The van der Waals surface area contributed by atoms with Crippen LogP contribution in [0.3, 0.4) is 0 Å². The molecule has 0 saturated carbocycles. The van der Waals surface area contributed by atoms with Crippen molar-refractivity contribution in [2.45, 2.75) is 25.4 Å². The lowest BCUT2D eigenvalue weighted by Crippen LogP contribution is -2.25. The molecule has 1 aromatic heterocycles. The third-order valence-corrected chi connectivity index (χ3v) is 4.10. The molecule has 1 aromatic rings. The Bertz CT molecular complexity index is 369. The number of rotatable bonds is 2. The van der Waals surface area contributed by atoms with E-state index in [1.165, 1.54) is 11.3 Å². The highest BCUT2D eigenvalue weighted by molar-refractivity contribution is 7.14. The zero-order valence-electron chi connectivity index (χ0n) is 9.06. The van der Waals surface area contributed by atoms with Crippen LogP contribution in [0.25, 0.3) is 0 Å². The van der Waals surface area contributed by atoms with Gasteiger partial charge < -0.3 is 9.84 Å². The first-order chi connectivity index (χ1) is 7.14. The summed E-state index contributed by atoms with van der Waals surface area (Å²) < 4.78 is 5.14. The van der Waals surface area contributed by atoms with Crippen LogP contribution in [0.5, 0.6) is 5.06 Å². The fourth-order valence-corrected chi connectivity index (χ4v) is 2.74. The van der Waals surface area contributed by atoms with Crippen LogP contribution in [-0.4, -0.2) is 12.2 Å². The van der Waals surface area contributed by atoms with Gasteiger partial charge in [0.05, 0.1) is 7.11 Å². The molecule has 1 N–H and O–H groups in total. The van der Waals surface area contributed by atoms with Gasteiger partial charge in [-0.15, -0.1) is 11.3 Å². The number of hydrogen-bond acceptors (Lipinski definition) is 3. The predicted octanol–water partition coefficient (Wildman–Crippen LogP) is 2.93. The first-order valence-electron chi connectivity index (χ1n) is 5.20.